The van der Waals surface area contributed by atoms with Crippen LogP contribution in [0.3, 0.4) is 0 Å². The third kappa shape index (κ3) is 3.29. The van der Waals surface area contributed by atoms with Crippen molar-refractivity contribution < 1.29 is 19.2 Å². The van der Waals surface area contributed by atoms with Crippen LogP contribution in [0.2, 0.25) is 0 Å². The zero-order valence-electron chi connectivity index (χ0n) is 9.45. The minimum absolute atomic E-state index is 0.0553. The molecule has 0 unspecified atom stereocenters. The molecule has 2 aromatic rings. The Morgan fingerprint density at radius 3 is 2.56 bits per heavy atom. The highest BCUT2D eigenvalue weighted by Crippen LogP contribution is 2.13. The van der Waals surface area contributed by atoms with Crippen LogP contribution in [0.25, 0.3) is 0 Å². The second-order valence-electron chi connectivity index (χ2n) is 3.74. The first kappa shape index (κ1) is 12.5. The zero-order chi connectivity index (χ0) is 13.0. The molecule has 0 amide bonds. The van der Waals surface area contributed by atoms with E-state index in [2.05, 4.69) is 4.98 Å². The van der Waals surface area contributed by atoms with Crippen molar-refractivity contribution in [3.8, 4) is 5.75 Å². The van der Waals surface area contributed by atoms with Crippen LogP contribution in [-0.2, 0) is 6.61 Å². The maximum atomic E-state index is 13.2. The Bertz CT molecular complexity index is 522. The molecule has 1 aromatic carbocycles. The molecule has 1 heterocycles. The zero-order valence-corrected chi connectivity index (χ0v) is 9.45. The Morgan fingerprint density at radius 2 is 1.89 bits per heavy atom. The summed E-state index contributed by atoms with van der Waals surface area (Å²) in [6, 6.07) is 7.17. The molecular formula is C12H11BFNO3. The van der Waals surface area contributed by atoms with Crippen LogP contribution >= 0.6 is 0 Å². The number of aromatic nitrogens is 1. The number of halogens is 1. The van der Waals surface area contributed by atoms with Crippen LogP contribution in [-0.4, -0.2) is 22.2 Å². The van der Waals surface area contributed by atoms with Crippen molar-refractivity contribution in [1.29, 1.82) is 0 Å². The molecule has 0 fully saturated rings. The lowest BCUT2D eigenvalue weighted by Gasteiger charge is -2.08. The molecule has 0 saturated carbocycles. The van der Waals surface area contributed by atoms with E-state index in [1.54, 1.807) is 24.5 Å². The first-order valence-electron chi connectivity index (χ1n) is 5.33. The van der Waals surface area contributed by atoms with Gasteiger partial charge in [-0.2, -0.15) is 0 Å². The van der Waals surface area contributed by atoms with Gasteiger partial charge in [-0.05, 0) is 35.3 Å². The maximum absolute atomic E-state index is 13.2. The van der Waals surface area contributed by atoms with E-state index in [-0.39, 0.29) is 17.8 Å². The maximum Gasteiger partial charge on any atom is 0.488 e. The van der Waals surface area contributed by atoms with E-state index in [1.807, 2.05) is 0 Å². The van der Waals surface area contributed by atoms with Gasteiger partial charge in [-0.15, -0.1) is 0 Å². The molecular weight excluding hydrogens is 236 g/mol. The summed E-state index contributed by atoms with van der Waals surface area (Å²) >= 11 is 0. The molecule has 0 spiro atoms. The Balaban J connectivity index is 2.10. The van der Waals surface area contributed by atoms with Crippen molar-refractivity contribution >= 4 is 12.6 Å². The molecule has 0 aliphatic carbocycles. The van der Waals surface area contributed by atoms with Crippen LogP contribution in [0.4, 0.5) is 4.39 Å². The number of ether oxygens (including phenoxy) is 1. The van der Waals surface area contributed by atoms with Gasteiger partial charge in [0.25, 0.3) is 0 Å². The molecule has 6 heteroatoms. The van der Waals surface area contributed by atoms with Gasteiger partial charge in [-0.3, -0.25) is 4.98 Å². The van der Waals surface area contributed by atoms with Gasteiger partial charge in [0, 0.05) is 18.5 Å². The predicted molar refractivity (Wildman–Crippen MR) is 64.8 cm³/mol. The van der Waals surface area contributed by atoms with Gasteiger partial charge in [-0.25, -0.2) is 4.39 Å². The number of hydrogen-bond acceptors (Lipinski definition) is 4. The standard InChI is InChI=1S/C12H11BFNO3/c14-11-5-10(13(16)17)6-12(7-11)18-8-9-1-3-15-4-2-9/h1-7,16-17H,8H2. The Morgan fingerprint density at radius 1 is 1.17 bits per heavy atom. The highest BCUT2D eigenvalue weighted by Gasteiger charge is 2.13. The van der Waals surface area contributed by atoms with Crippen molar-refractivity contribution in [3.63, 3.8) is 0 Å². The van der Waals surface area contributed by atoms with Gasteiger partial charge in [0.1, 0.15) is 18.2 Å². The molecule has 0 saturated heterocycles. The number of rotatable bonds is 4. The van der Waals surface area contributed by atoms with Gasteiger partial charge in [-0.1, -0.05) is 0 Å². The molecule has 2 rings (SSSR count). The van der Waals surface area contributed by atoms with E-state index in [1.165, 1.54) is 12.1 Å². The van der Waals surface area contributed by atoms with E-state index in [0.717, 1.165) is 11.6 Å². The van der Waals surface area contributed by atoms with Crippen LogP contribution in [0.5, 0.6) is 5.75 Å². The molecule has 4 nitrogen and oxygen atoms in total. The third-order valence-electron chi connectivity index (χ3n) is 2.35. The summed E-state index contributed by atoms with van der Waals surface area (Å²) in [6.07, 6.45) is 3.26. The van der Waals surface area contributed by atoms with E-state index in [9.17, 15) is 4.39 Å². The van der Waals surface area contributed by atoms with Crippen molar-refractivity contribution in [3.05, 3.63) is 54.1 Å². The predicted octanol–water partition coefficient (Wildman–Crippen LogP) is 0.479. The molecule has 0 aliphatic rings. The fourth-order valence-corrected chi connectivity index (χ4v) is 1.46. The van der Waals surface area contributed by atoms with E-state index in [4.69, 9.17) is 14.8 Å². The normalized spacial score (nSPS) is 10.2. The molecule has 1 aromatic heterocycles. The van der Waals surface area contributed by atoms with Crippen LogP contribution < -0.4 is 10.2 Å². The quantitative estimate of drug-likeness (QED) is 0.771. The van der Waals surface area contributed by atoms with E-state index < -0.39 is 12.9 Å². The lowest BCUT2D eigenvalue weighted by Crippen LogP contribution is -2.30. The topological polar surface area (TPSA) is 62.6 Å². The van der Waals surface area contributed by atoms with Gasteiger partial charge >= 0.3 is 7.12 Å². The number of hydrogen-bond donors (Lipinski definition) is 2. The number of nitrogens with zero attached hydrogens (tertiary/aromatic N) is 1. The van der Waals surface area contributed by atoms with Crippen molar-refractivity contribution in [1.82, 2.24) is 4.98 Å². The fraction of sp³-hybridized carbons (Fsp3) is 0.0833. The first-order valence-corrected chi connectivity index (χ1v) is 5.33. The summed E-state index contributed by atoms with van der Waals surface area (Å²) < 4.78 is 18.6. The van der Waals surface area contributed by atoms with Gasteiger partial charge in [0.05, 0.1) is 0 Å². The summed E-state index contributed by atoms with van der Waals surface area (Å²) in [7, 11) is -1.72. The Hall–Kier alpha value is -1.92. The molecule has 0 atom stereocenters. The van der Waals surface area contributed by atoms with Gasteiger partial charge in [0.15, 0.2) is 0 Å². The summed E-state index contributed by atoms with van der Waals surface area (Å²) in [5.41, 5.74) is 0.945. The second kappa shape index (κ2) is 5.62. The van der Waals surface area contributed by atoms with Crippen molar-refractivity contribution in [2.45, 2.75) is 6.61 Å². The lowest BCUT2D eigenvalue weighted by molar-refractivity contribution is 0.304. The van der Waals surface area contributed by atoms with Crippen molar-refractivity contribution in [2.24, 2.45) is 0 Å². The summed E-state index contributed by atoms with van der Waals surface area (Å²) in [4.78, 5) is 3.87. The van der Waals surface area contributed by atoms with Crippen LogP contribution in [0.1, 0.15) is 5.56 Å². The molecule has 0 radical (unpaired) electrons. The smallest absolute Gasteiger partial charge is 0.488 e. The molecule has 0 bridgehead atoms. The highest BCUT2D eigenvalue weighted by atomic mass is 19.1. The van der Waals surface area contributed by atoms with Crippen LogP contribution in [0.15, 0.2) is 42.7 Å². The van der Waals surface area contributed by atoms with Crippen molar-refractivity contribution in [2.75, 3.05) is 0 Å². The first-order chi connectivity index (χ1) is 8.65. The largest absolute Gasteiger partial charge is 0.489 e. The lowest BCUT2D eigenvalue weighted by atomic mass is 9.80. The highest BCUT2D eigenvalue weighted by molar-refractivity contribution is 6.58. The Labute approximate surface area is 104 Å². The fourth-order valence-electron chi connectivity index (χ4n) is 1.46. The monoisotopic (exact) mass is 247 g/mol. The number of pyridine rings is 1. The minimum atomic E-state index is -1.72. The average Bonchev–Trinajstić information content (AvgIpc) is 2.37. The molecule has 0 aliphatic heterocycles. The summed E-state index contributed by atoms with van der Waals surface area (Å²) in [5, 5.41) is 18.0. The molecule has 92 valence electrons. The Kier molecular flexibility index (Phi) is 3.91. The average molecular weight is 247 g/mol. The number of benzene rings is 1. The van der Waals surface area contributed by atoms with E-state index in [0.29, 0.717) is 0 Å². The molecule has 2 N–H and O–H groups in total. The van der Waals surface area contributed by atoms with Gasteiger partial charge < -0.3 is 14.8 Å². The second-order valence-corrected chi connectivity index (χ2v) is 3.74. The third-order valence-corrected chi connectivity index (χ3v) is 2.35. The SMILES string of the molecule is OB(O)c1cc(F)cc(OCc2ccncc2)c1. The van der Waals surface area contributed by atoms with E-state index >= 15 is 0 Å². The summed E-state index contributed by atoms with van der Waals surface area (Å²) in [5.74, 6) is -0.333. The summed E-state index contributed by atoms with van der Waals surface area (Å²) in [6.45, 7) is 0.257. The minimum Gasteiger partial charge on any atom is -0.489 e. The van der Waals surface area contributed by atoms with Crippen LogP contribution in [0, 0.1) is 5.82 Å². The molecule has 18 heavy (non-hydrogen) atoms. The van der Waals surface area contributed by atoms with Gasteiger partial charge in [0.2, 0.25) is 0 Å².